The van der Waals surface area contributed by atoms with E-state index in [2.05, 4.69) is 43.7 Å². The highest BCUT2D eigenvalue weighted by Gasteiger charge is 2.20. The Bertz CT molecular complexity index is 303. The highest BCUT2D eigenvalue weighted by molar-refractivity contribution is 9.10. The van der Waals surface area contributed by atoms with Crippen molar-refractivity contribution in [1.82, 2.24) is 14.7 Å². The molecule has 0 amide bonds. The van der Waals surface area contributed by atoms with Crippen molar-refractivity contribution in [1.29, 1.82) is 0 Å². The molecule has 0 saturated carbocycles. The largest absolute Gasteiger partial charge is 0.303 e. The normalized spacial score (nSPS) is 19.6. The first-order valence-corrected chi connectivity index (χ1v) is 6.51. The van der Waals surface area contributed by atoms with Crippen molar-refractivity contribution in [2.24, 2.45) is 0 Å². The van der Waals surface area contributed by atoms with Crippen LogP contribution >= 0.6 is 15.9 Å². The summed E-state index contributed by atoms with van der Waals surface area (Å²) >= 11 is 3.44. The molecule has 0 aliphatic carbocycles. The molecule has 0 aromatic carbocycles. The summed E-state index contributed by atoms with van der Waals surface area (Å²) in [4.78, 5) is 2.55. The minimum absolute atomic E-state index is 0.601. The van der Waals surface area contributed by atoms with E-state index < -0.39 is 0 Å². The van der Waals surface area contributed by atoms with Gasteiger partial charge in [0.2, 0.25) is 0 Å². The first-order valence-electron chi connectivity index (χ1n) is 5.71. The van der Waals surface area contributed by atoms with Gasteiger partial charge in [0.25, 0.3) is 0 Å². The molecule has 4 heteroatoms. The van der Waals surface area contributed by atoms with Crippen molar-refractivity contribution in [3.8, 4) is 0 Å². The Labute approximate surface area is 99.6 Å². The second-order valence-electron chi connectivity index (χ2n) is 4.21. The van der Waals surface area contributed by atoms with Gasteiger partial charge in [-0.2, -0.15) is 5.10 Å². The van der Waals surface area contributed by atoms with Gasteiger partial charge < -0.3 is 4.90 Å². The van der Waals surface area contributed by atoms with Gasteiger partial charge in [-0.1, -0.05) is 6.92 Å². The molecule has 1 fully saturated rings. The van der Waals surface area contributed by atoms with Crippen molar-refractivity contribution in [3.63, 3.8) is 0 Å². The molecule has 84 valence electrons. The predicted octanol–water partition coefficient (Wildman–Crippen LogP) is 2.69. The highest BCUT2D eigenvalue weighted by atomic mass is 79.9. The third kappa shape index (κ3) is 2.82. The second kappa shape index (κ2) is 5.12. The lowest BCUT2D eigenvalue weighted by Gasteiger charge is -2.31. The van der Waals surface area contributed by atoms with E-state index in [9.17, 15) is 0 Å². The highest BCUT2D eigenvalue weighted by Crippen LogP contribution is 2.23. The third-order valence-corrected chi connectivity index (χ3v) is 3.45. The summed E-state index contributed by atoms with van der Waals surface area (Å²) in [7, 11) is 0. The molecule has 0 bridgehead atoms. The summed E-state index contributed by atoms with van der Waals surface area (Å²) in [6.07, 6.45) is 7.68. The van der Waals surface area contributed by atoms with Crippen LogP contribution in [0.25, 0.3) is 0 Å². The number of rotatable bonds is 3. The van der Waals surface area contributed by atoms with Crippen molar-refractivity contribution in [2.75, 3.05) is 19.6 Å². The van der Waals surface area contributed by atoms with Crippen LogP contribution in [-0.4, -0.2) is 34.3 Å². The summed E-state index contributed by atoms with van der Waals surface area (Å²) in [5.41, 5.74) is 0. The van der Waals surface area contributed by atoms with E-state index in [1.165, 1.54) is 38.9 Å². The van der Waals surface area contributed by atoms with Gasteiger partial charge in [-0.05, 0) is 41.7 Å². The monoisotopic (exact) mass is 271 g/mol. The van der Waals surface area contributed by atoms with E-state index in [-0.39, 0.29) is 0 Å². The number of nitrogens with zero attached hydrogens (tertiary/aromatic N) is 3. The predicted molar refractivity (Wildman–Crippen MR) is 64.9 cm³/mol. The molecule has 0 N–H and O–H groups in total. The molecule has 1 aliphatic heterocycles. The molecule has 2 rings (SSSR count). The zero-order valence-electron chi connectivity index (χ0n) is 9.19. The lowest BCUT2D eigenvalue weighted by Crippen LogP contribution is -2.35. The number of hydrogen-bond acceptors (Lipinski definition) is 2. The van der Waals surface area contributed by atoms with Gasteiger partial charge >= 0.3 is 0 Å². The van der Waals surface area contributed by atoms with Crippen LogP contribution in [0.1, 0.15) is 32.2 Å². The van der Waals surface area contributed by atoms with Crippen molar-refractivity contribution in [2.45, 2.75) is 32.2 Å². The maximum atomic E-state index is 4.36. The minimum atomic E-state index is 0.601. The van der Waals surface area contributed by atoms with Crippen LogP contribution < -0.4 is 0 Å². The average Bonchev–Trinajstić information content (AvgIpc) is 2.67. The first-order chi connectivity index (χ1) is 7.29. The quantitative estimate of drug-likeness (QED) is 0.843. The molecule has 0 spiro atoms. The summed E-state index contributed by atoms with van der Waals surface area (Å²) in [5.74, 6) is 0. The van der Waals surface area contributed by atoms with Crippen LogP contribution in [0.5, 0.6) is 0 Å². The van der Waals surface area contributed by atoms with Crippen LogP contribution in [0.15, 0.2) is 16.9 Å². The van der Waals surface area contributed by atoms with E-state index in [0.717, 1.165) is 4.47 Å². The molecule has 3 nitrogen and oxygen atoms in total. The van der Waals surface area contributed by atoms with Crippen LogP contribution in [0.2, 0.25) is 0 Å². The average molecular weight is 272 g/mol. The third-order valence-electron chi connectivity index (χ3n) is 3.04. The zero-order chi connectivity index (χ0) is 10.7. The molecule has 15 heavy (non-hydrogen) atoms. The fourth-order valence-corrected chi connectivity index (χ4v) is 2.54. The fraction of sp³-hybridized carbons (Fsp3) is 0.727. The van der Waals surface area contributed by atoms with Gasteiger partial charge in [0.05, 0.1) is 16.7 Å². The Hall–Kier alpha value is -0.350. The number of piperidine rings is 1. The smallest absolute Gasteiger partial charge is 0.0632 e. The molecule has 0 atom stereocenters. The van der Waals surface area contributed by atoms with Crippen molar-refractivity contribution in [3.05, 3.63) is 16.9 Å². The molecule has 1 aliphatic rings. The zero-order valence-corrected chi connectivity index (χ0v) is 10.8. The van der Waals surface area contributed by atoms with Crippen LogP contribution in [0, 0.1) is 0 Å². The Morgan fingerprint density at radius 2 is 2.20 bits per heavy atom. The van der Waals surface area contributed by atoms with Gasteiger partial charge in [0.15, 0.2) is 0 Å². The standard InChI is InChI=1S/C11H18BrN3/c1-2-5-14-6-3-11(4-7-14)15-9-10(12)8-13-15/h8-9,11H,2-7H2,1H3. The number of halogens is 1. The number of aromatic nitrogens is 2. The summed E-state index contributed by atoms with van der Waals surface area (Å²) in [6, 6.07) is 0.601. The Morgan fingerprint density at radius 3 is 2.73 bits per heavy atom. The number of hydrogen-bond donors (Lipinski definition) is 0. The maximum Gasteiger partial charge on any atom is 0.0632 e. The van der Waals surface area contributed by atoms with E-state index >= 15 is 0 Å². The Morgan fingerprint density at radius 1 is 1.47 bits per heavy atom. The summed E-state index contributed by atoms with van der Waals surface area (Å²) in [5, 5.41) is 4.36. The molecule has 1 aromatic rings. The molecule has 0 radical (unpaired) electrons. The van der Waals surface area contributed by atoms with Gasteiger partial charge in [-0.25, -0.2) is 0 Å². The van der Waals surface area contributed by atoms with Gasteiger partial charge in [-0.3, -0.25) is 4.68 Å². The van der Waals surface area contributed by atoms with Crippen molar-refractivity contribution >= 4 is 15.9 Å². The SMILES string of the molecule is CCCN1CCC(n2cc(Br)cn2)CC1. The number of likely N-dealkylation sites (tertiary alicyclic amines) is 1. The molecular formula is C11H18BrN3. The van der Waals surface area contributed by atoms with Gasteiger partial charge in [0, 0.05) is 19.3 Å². The van der Waals surface area contributed by atoms with Gasteiger partial charge in [0.1, 0.15) is 0 Å². The topological polar surface area (TPSA) is 21.1 Å². The van der Waals surface area contributed by atoms with E-state index in [4.69, 9.17) is 0 Å². The Balaban J connectivity index is 1.88. The lowest BCUT2D eigenvalue weighted by molar-refractivity contribution is 0.180. The van der Waals surface area contributed by atoms with E-state index in [1.807, 2.05) is 6.20 Å². The van der Waals surface area contributed by atoms with Gasteiger partial charge in [-0.15, -0.1) is 0 Å². The minimum Gasteiger partial charge on any atom is -0.303 e. The molecule has 2 heterocycles. The fourth-order valence-electron chi connectivity index (χ4n) is 2.24. The van der Waals surface area contributed by atoms with Crippen LogP contribution in [-0.2, 0) is 0 Å². The molecule has 1 saturated heterocycles. The van der Waals surface area contributed by atoms with E-state index in [1.54, 1.807) is 0 Å². The van der Waals surface area contributed by atoms with Crippen LogP contribution in [0.4, 0.5) is 0 Å². The second-order valence-corrected chi connectivity index (χ2v) is 5.13. The maximum absolute atomic E-state index is 4.36. The molecule has 0 unspecified atom stereocenters. The molecule has 1 aromatic heterocycles. The van der Waals surface area contributed by atoms with Crippen LogP contribution in [0.3, 0.4) is 0 Å². The first kappa shape index (κ1) is 11.1. The Kier molecular flexibility index (Phi) is 3.81. The molecular weight excluding hydrogens is 254 g/mol. The lowest BCUT2D eigenvalue weighted by atomic mass is 10.1. The summed E-state index contributed by atoms with van der Waals surface area (Å²) < 4.78 is 3.19. The summed E-state index contributed by atoms with van der Waals surface area (Å²) in [6.45, 7) is 5.93. The van der Waals surface area contributed by atoms with E-state index in [0.29, 0.717) is 6.04 Å². The van der Waals surface area contributed by atoms with Crippen molar-refractivity contribution < 1.29 is 0 Å².